The minimum absolute atomic E-state index is 0.543. The second kappa shape index (κ2) is 6.86. The van der Waals surface area contributed by atoms with E-state index in [1.165, 1.54) is 5.56 Å². The molecule has 0 aromatic heterocycles. The standard InChI is InChI=1S/C12H13Cl2O/c13-11-7-6-10(9-12(11)14)5-3-1-2-4-8-15/h6-7,9H,1-5H2. The Bertz CT molecular complexity index is 323. The van der Waals surface area contributed by atoms with Gasteiger partial charge in [0.2, 0.25) is 0 Å². The van der Waals surface area contributed by atoms with Crippen LogP contribution in [-0.4, -0.2) is 6.29 Å². The average Bonchev–Trinajstić information content (AvgIpc) is 2.23. The number of hydrogen-bond acceptors (Lipinski definition) is 1. The number of carbonyl (C=O) groups excluding carboxylic acids is 1. The van der Waals surface area contributed by atoms with Gasteiger partial charge >= 0.3 is 0 Å². The smallest absolute Gasteiger partial charge is 0.198 e. The molecule has 0 aliphatic rings. The van der Waals surface area contributed by atoms with Gasteiger partial charge in [-0.1, -0.05) is 35.7 Å². The lowest BCUT2D eigenvalue weighted by molar-refractivity contribution is 0.545. The third-order valence-corrected chi connectivity index (χ3v) is 2.97. The summed E-state index contributed by atoms with van der Waals surface area (Å²) in [6.45, 7) is 0. The lowest BCUT2D eigenvalue weighted by Crippen LogP contribution is -1.86. The first-order valence-electron chi connectivity index (χ1n) is 5.03. The van der Waals surface area contributed by atoms with Crippen molar-refractivity contribution in [2.45, 2.75) is 32.1 Å². The van der Waals surface area contributed by atoms with Crippen molar-refractivity contribution < 1.29 is 4.79 Å². The van der Waals surface area contributed by atoms with Crippen LogP contribution >= 0.6 is 23.2 Å². The van der Waals surface area contributed by atoms with E-state index in [9.17, 15) is 4.79 Å². The van der Waals surface area contributed by atoms with Crippen LogP contribution in [0.1, 0.15) is 31.2 Å². The summed E-state index contributed by atoms with van der Waals surface area (Å²) >= 11 is 11.7. The Balaban J connectivity index is 2.31. The zero-order valence-electron chi connectivity index (χ0n) is 8.43. The van der Waals surface area contributed by atoms with Crippen molar-refractivity contribution in [3.63, 3.8) is 0 Å². The molecule has 0 saturated heterocycles. The van der Waals surface area contributed by atoms with Gasteiger partial charge in [-0.25, -0.2) is 0 Å². The highest BCUT2D eigenvalue weighted by atomic mass is 35.5. The molecular weight excluding hydrogens is 231 g/mol. The molecule has 15 heavy (non-hydrogen) atoms. The second-order valence-corrected chi connectivity index (χ2v) is 4.27. The molecule has 1 aromatic rings. The van der Waals surface area contributed by atoms with Gasteiger partial charge in [-0.3, -0.25) is 4.79 Å². The van der Waals surface area contributed by atoms with Gasteiger partial charge in [0.25, 0.3) is 0 Å². The molecule has 0 N–H and O–H groups in total. The maximum absolute atomic E-state index is 9.96. The molecule has 0 spiro atoms. The lowest BCUT2D eigenvalue weighted by atomic mass is 10.1. The normalized spacial score (nSPS) is 10.3. The summed E-state index contributed by atoms with van der Waals surface area (Å²) in [5, 5.41) is 1.20. The largest absolute Gasteiger partial charge is 0.291 e. The molecule has 1 rings (SSSR count). The highest BCUT2D eigenvalue weighted by Crippen LogP contribution is 2.23. The van der Waals surface area contributed by atoms with E-state index in [4.69, 9.17) is 23.2 Å². The third kappa shape index (κ3) is 4.67. The Morgan fingerprint density at radius 1 is 1.07 bits per heavy atom. The van der Waals surface area contributed by atoms with E-state index in [0.717, 1.165) is 25.7 Å². The van der Waals surface area contributed by atoms with Gasteiger partial charge in [-0.15, -0.1) is 0 Å². The van der Waals surface area contributed by atoms with Crippen LogP contribution in [0.4, 0.5) is 0 Å². The summed E-state index contributed by atoms with van der Waals surface area (Å²) in [6, 6.07) is 5.70. The van der Waals surface area contributed by atoms with Gasteiger partial charge in [-0.2, -0.15) is 0 Å². The second-order valence-electron chi connectivity index (χ2n) is 3.45. The molecule has 1 nitrogen and oxygen atoms in total. The molecule has 1 aromatic carbocycles. The van der Waals surface area contributed by atoms with Crippen molar-refractivity contribution in [3.8, 4) is 0 Å². The first-order chi connectivity index (χ1) is 7.24. The number of halogens is 2. The first kappa shape index (κ1) is 12.5. The van der Waals surface area contributed by atoms with E-state index in [2.05, 4.69) is 0 Å². The van der Waals surface area contributed by atoms with E-state index in [1.54, 1.807) is 0 Å². The van der Waals surface area contributed by atoms with Gasteiger partial charge in [0.15, 0.2) is 6.29 Å². The summed E-state index contributed by atoms with van der Waals surface area (Å²) in [5.74, 6) is 0. The van der Waals surface area contributed by atoms with E-state index in [0.29, 0.717) is 16.5 Å². The average molecular weight is 244 g/mol. The number of rotatable bonds is 6. The summed E-state index contributed by atoms with van der Waals surface area (Å²) in [6.07, 6.45) is 6.46. The number of hydrogen-bond donors (Lipinski definition) is 0. The maximum Gasteiger partial charge on any atom is 0.198 e. The van der Waals surface area contributed by atoms with Gasteiger partial charge in [-0.05, 0) is 37.0 Å². The molecule has 0 atom stereocenters. The fourth-order valence-corrected chi connectivity index (χ4v) is 1.72. The molecule has 3 heteroatoms. The summed E-state index contributed by atoms with van der Waals surface area (Å²) in [7, 11) is 0. The Hall–Kier alpha value is -0.530. The van der Waals surface area contributed by atoms with E-state index >= 15 is 0 Å². The Labute approximate surface area is 100 Å². The number of benzene rings is 1. The van der Waals surface area contributed by atoms with Crippen LogP contribution in [0.5, 0.6) is 0 Å². The van der Waals surface area contributed by atoms with Crippen LogP contribution < -0.4 is 0 Å². The molecule has 0 aliphatic carbocycles. The molecule has 0 fully saturated rings. The summed E-state index contributed by atoms with van der Waals surface area (Å²) < 4.78 is 0. The van der Waals surface area contributed by atoms with Crippen LogP contribution in [0.25, 0.3) is 0 Å². The molecule has 0 aliphatic heterocycles. The lowest BCUT2D eigenvalue weighted by Gasteiger charge is -2.02. The highest BCUT2D eigenvalue weighted by Gasteiger charge is 1.99. The van der Waals surface area contributed by atoms with Gasteiger partial charge in [0, 0.05) is 6.42 Å². The van der Waals surface area contributed by atoms with Crippen LogP contribution in [0.3, 0.4) is 0 Å². The minimum atomic E-state index is 0.543. The molecule has 1 radical (unpaired) electrons. The first-order valence-corrected chi connectivity index (χ1v) is 5.78. The van der Waals surface area contributed by atoms with Crippen molar-refractivity contribution >= 4 is 29.5 Å². The van der Waals surface area contributed by atoms with Crippen LogP contribution in [0.15, 0.2) is 18.2 Å². The van der Waals surface area contributed by atoms with Crippen LogP contribution in [0, 0.1) is 0 Å². The molecule has 0 amide bonds. The van der Waals surface area contributed by atoms with Crippen molar-refractivity contribution in [3.05, 3.63) is 33.8 Å². The summed E-state index contributed by atoms with van der Waals surface area (Å²) in [4.78, 5) is 9.96. The van der Waals surface area contributed by atoms with E-state index in [-0.39, 0.29) is 0 Å². The van der Waals surface area contributed by atoms with Crippen molar-refractivity contribution in [2.24, 2.45) is 0 Å². The Morgan fingerprint density at radius 2 is 1.87 bits per heavy atom. The Morgan fingerprint density at radius 3 is 2.53 bits per heavy atom. The molecule has 81 valence electrons. The molecule has 0 unspecified atom stereocenters. The number of unbranched alkanes of at least 4 members (excludes halogenated alkanes) is 3. The van der Waals surface area contributed by atoms with Crippen molar-refractivity contribution in [1.29, 1.82) is 0 Å². The van der Waals surface area contributed by atoms with E-state index in [1.807, 2.05) is 24.5 Å². The number of aryl methyl sites for hydroxylation is 1. The monoisotopic (exact) mass is 243 g/mol. The SMILES string of the molecule is O=[C]CCCCCc1ccc(Cl)c(Cl)c1. The Kier molecular flexibility index (Phi) is 5.74. The quantitative estimate of drug-likeness (QED) is 0.685. The third-order valence-electron chi connectivity index (χ3n) is 2.23. The highest BCUT2D eigenvalue weighted by molar-refractivity contribution is 6.42. The predicted octanol–water partition coefficient (Wildman–Crippen LogP) is 4.21. The van der Waals surface area contributed by atoms with Gasteiger partial charge < -0.3 is 0 Å². The molecule has 0 bridgehead atoms. The fourth-order valence-electron chi connectivity index (χ4n) is 1.40. The predicted molar refractivity (Wildman–Crippen MR) is 64.3 cm³/mol. The van der Waals surface area contributed by atoms with Gasteiger partial charge in [0.05, 0.1) is 10.0 Å². The molecular formula is C12H13Cl2O. The van der Waals surface area contributed by atoms with Crippen molar-refractivity contribution in [2.75, 3.05) is 0 Å². The summed E-state index contributed by atoms with van der Waals surface area (Å²) in [5.41, 5.74) is 1.19. The van der Waals surface area contributed by atoms with Crippen LogP contribution in [0.2, 0.25) is 10.0 Å². The molecule has 0 heterocycles. The zero-order chi connectivity index (χ0) is 11.1. The maximum atomic E-state index is 9.96. The van der Waals surface area contributed by atoms with Gasteiger partial charge in [0.1, 0.15) is 0 Å². The van der Waals surface area contributed by atoms with Crippen molar-refractivity contribution in [1.82, 2.24) is 0 Å². The zero-order valence-corrected chi connectivity index (χ0v) is 9.94. The molecule has 0 saturated carbocycles. The topological polar surface area (TPSA) is 17.1 Å². The van der Waals surface area contributed by atoms with Crippen LogP contribution in [-0.2, 0) is 11.2 Å². The van der Waals surface area contributed by atoms with E-state index < -0.39 is 0 Å². The minimum Gasteiger partial charge on any atom is -0.291 e. The fraction of sp³-hybridized carbons (Fsp3) is 0.417.